The van der Waals surface area contributed by atoms with E-state index in [4.69, 9.17) is 16.3 Å². The number of nitrogens with one attached hydrogen (secondary N) is 1. The van der Waals surface area contributed by atoms with Crippen molar-refractivity contribution in [3.05, 3.63) is 82.9 Å². The molecule has 6 heteroatoms. The summed E-state index contributed by atoms with van der Waals surface area (Å²) in [5.74, 6) is 1.67. The molecule has 2 aromatic carbocycles. The normalized spacial score (nSPS) is 11.8. The number of ether oxygens (including phenoxy) is 1. The van der Waals surface area contributed by atoms with Crippen LogP contribution in [0.15, 0.2) is 60.9 Å². The summed E-state index contributed by atoms with van der Waals surface area (Å²) in [5, 5.41) is 3.69. The number of hydrogen-bond acceptors (Lipinski definition) is 3. The Morgan fingerprint density at radius 2 is 1.96 bits per heavy atom. The van der Waals surface area contributed by atoms with E-state index in [-0.39, 0.29) is 11.8 Å². The number of amides is 1. The highest BCUT2D eigenvalue weighted by Crippen LogP contribution is 2.20. The summed E-state index contributed by atoms with van der Waals surface area (Å²) in [7, 11) is 0. The molecule has 0 spiro atoms. The van der Waals surface area contributed by atoms with Gasteiger partial charge in [0.2, 0.25) is 0 Å². The lowest BCUT2D eigenvalue weighted by Crippen LogP contribution is -2.30. The number of hydrogen-bond donors (Lipinski definition) is 1. The summed E-state index contributed by atoms with van der Waals surface area (Å²) < 4.78 is 7.96. The second-order valence-electron chi connectivity index (χ2n) is 6.85. The fourth-order valence-electron chi connectivity index (χ4n) is 2.88. The molecule has 3 aromatic rings. The molecule has 0 aliphatic carbocycles. The number of aryl methyl sites for hydroxylation is 1. The van der Waals surface area contributed by atoms with Crippen LogP contribution in [0.4, 0.5) is 0 Å². The molecule has 146 valence electrons. The molecule has 1 atom stereocenters. The van der Waals surface area contributed by atoms with Gasteiger partial charge < -0.3 is 14.6 Å². The highest BCUT2D eigenvalue weighted by atomic mass is 35.5. The van der Waals surface area contributed by atoms with E-state index in [9.17, 15) is 4.79 Å². The smallest absolute Gasteiger partial charge is 0.255 e. The molecule has 1 heterocycles. The van der Waals surface area contributed by atoms with Crippen LogP contribution in [0.5, 0.6) is 5.75 Å². The first-order valence-corrected chi connectivity index (χ1v) is 9.63. The van der Waals surface area contributed by atoms with Crippen molar-refractivity contribution in [2.75, 3.05) is 6.54 Å². The first-order chi connectivity index (χ1) is 13.5. The van der Waals surface area contributed by atoms with Crippen LogP contribution in [-0.2, 0) is 13.2 Å². The summed E-state index contributed by atoms with van der Waals surface area (Å²) in [6.45, 7) is 5.82. The average molecular weight is 398 g/mol. The number of rotatable bonds is 8. The first-order valence-electron chi connectivity index (χ1n) is 9.25. The van der Waals surface area contributed by atoms with Gasteiger partial charge in [0, 0.05) is 30.5 Å². The SMILES string of the molecule is Cc1nccn1CC(C)CNC(=O)c1ccccc1OCc1ccc(Cl)cc1. The number of benzene rings is 2. The molecule has 0 fully saturated rings. The lowest BCUT2D eigenvalue weighted by Gasteiger charge is -2.16. The fourth-order valence-corrected chi connectivity index (χ4v) is 3.01. The van der Waals surface area contributed by atoms with Crippen molar-refractivity contribution in [2.45, 2.75) is 27.0 Å². The zero-order chi connectivity index (χ0) is 19.9. The summed E-state index contributed by atoms with van der Waals surface area (Å²) in [4.78, 5) is 16.9. The van der Waals surface area contributed by atoms with Crippen LogP contribution in [0.3, 0.4) is 0 Å². The number of imidazole rings is 1. The molecule has 1 unspecified atom stereocenters. The van der Waals surface area contributed by atoms with Crippen LogP contribution in [0.2, 0.25) is 5.02 Å². The molecule has 0 saturated carbocycles. The van der Waals surface area contributed by atoms with Gasteiger partial charge in [-0.05, 0) is 42.7 Å². The molecule has 0 bridgehead atoms. The maximum absolute atomic E-state index is 12.7. The number of carbonyl (C=O) groups excluding carboxylic acids is 1. The molecular formula is C22H24ClN3O2. The number of carbonyl (C=O) groups is 1. The Kier molecular flexibility index (Phi) is 6.71. The van der Waals surface area contributed by atoms with Gasteiger partial charge in [-0.3, -0.25) is 4.79 Å². The highest BCUT2D eigenvalue weighted by molar-refractivity contribution is 6.30. The van der Waals surface area contributed by atoms with Crippen molar-refractivity contribution in [2.24, 2.45) is 5.92 Å². The van der Waals surface area contributed by atoms with Gasteiger partial charge in [-0.2, -0.15) is 0 Å². The van der Waals surface area contributed by atoms with Crippen molar-refractivity contribution in [3.8, 4) is 5.75 Å². The molecule has 0 aliphatic rings. The third kappa shape index (κ3) is 5.36. The monoisotopic (exact) mass is 397 g/mol. The van der Waals surface area contributed by atoms with Gasteiger partial charge in [0.15, 0.2) is 0 Å². The van der Waals surface area contributed by atoms with Gasteiger partial charge >= 0.3 is 0 Å². The summed E-state index contributed by atoms with van der Waals surface area (Å²) in [6.07, 6.45) is 3.74. The van der Waals surface area contributed by atoms with Crippen molar-refractivity contribution in [1.29, 1.82) is 0 Å². The van der Waals surface area contributed by atoms with Gasteiger partial charge in [0.1, 0.15) is 18.2 Å². The quantitative estimate of drug-likeness (QED) is 0.609. The lowest BCUT2D eigenvalue weighted by atomic mass is 10.1. The standard InChI is InChI=1S/C22H24ClN3O2/c1-16(14-26-12-11-24-17(26)2)13-25-22(27)20-5-3-4-6-21(20)28-15-18-7-9-19(23)10-8-18/h3-12,16H,13-15H2,1-2H3,(H,25,27). The van der Waals surface area contributed by atoms with Crippen molar-refractivity contribution < 1.29 is 9.53 Å². The molecule has 5 nitrogen and oxygen atoms in total. The van der Waals surface area contributed by atoms with Gasteiger partial charge in [-0.15, -0.1) is 0 Å². The summed E-state index contributed by atoms with van der Waals surface area (Å²) >= 11 is 5.91. The van der Waals surface area contributed by atoms with E-state index in [2.05, 4.69) is 21.8 Å². The van der Waals surface area contributed by atoms with Crippen LogP contribution >= 0.6 is 11.6 Å². The molecule has 1 amide bonds. The molecule has 1 N–H and O–H groups in total. The van der Waals surface area contributed by atoms with Crippen LogP contribution < -0.4 is 10.1 Å². The Bertz CT molecular complexity index is 922. The second kappa shape index (κ2) is 9.42. The Morgan fingerprint density at radius 1 is 1.21 bits per heavy atom. The highest BCUT2D eigenvalue weighted by Gasteiger charge is 2.14. The zero-order valence-electron chi connectivity index (χ0n) is 16.1. The van der Waals surface area contributed by atoms with Crippen LogP contribution in [0.25, 0.3) is 0 Å². The molecule has 0 aliphatic heterocycles. The van der Waals surface area contributed by atoms with E-state index in [1.54, 1.807) is 12.3 Å². The first kappa shape index (κ1) is 20.0. The Morgan fingerprint density at radius 3 is 2.68 bits per heavy atom. The minimum absolute atomic E-state index is 0.138. The molecule has 28 heavy (non-hydrogen) atoms. The van der Waals surface area contributed by atoms with E-state index in [0.29, 0.717) is 29.5 Å². The lowest BCUT2D eigenvalue weighted by molar-refractivity contribution is 0.0942. The second-order valence-corrected chi connectivity index (χ2v) is 7.29. The Hall–Kier alpha value is -2.79. The van der Waals surface area contributed by atoms with Gasteiger partial charge in [-0.1, -0.05) is 42.8 Å². The number of para-hydroxylation sites is 1. The number of halogens is 1. The molecule has 0 saturated heterocycles. The predicted octanol–water partition coefficient (Wildman–Crippen LogP) is 4.49. The van der Waals surface area contributed by atoms with Crippen molar-refractivity contribution in [3.63, 3.8) is 0 Å². The molecule has 0 radical (unpaired) electrons. The largest absolute Gasteiger partial charge is 0.488 e. The fraction of sp³-hybridized carbons (Fsp3) is 0.273. The number of aromatic nitrogens is 2. The van der Waals surface area contributed by atoms with E-state index in [0.717, 1.165) is 17.9 Å². The topological polar surface area (TPSA) is 56.2 Å². The minimum Gasteiger partial charge on any atom is -0.488 e. The van der Waals surface area contributed by atoms with E-state index in [1.165, 1.54) is 0 Å². The van der Waals surface area contributed by atoms with Crippen LogP contribution in [0, 0.1) is 12.8 Å². The Balaban J connectivity index is 1.57. The van der Waals surface area contributed by atoms with E-state index >= 15 is 0 Å². The minimum atomic E-state index is -0.138. The van der Waals surface area contributed by atoms with Crippen molar-refractivity contribution in [1.82, 2.24) is 14.9 Å². The zero-order valence-corrected chi connectivity index (χ0v) is 16.8. The van der Waals surface area contributed by atoms with Crippen LogP contribution in [0.1, 0.15) is 28.7 Å². The van der Waals surface area contributed by atoms with Crippen molar-refractivity contribution >= 4 is 17.5 Å². The van der Waals surface area contributed by atoms with E-state index < -0.39 is 0 Å². The third-order valence-corrected chi connectivity index (χ3v) is 4.73. The van der Waals surface area contributed by atoms with Gasteiger partial charge in [0.05, 0.1) is 5.56 Å². The maximum Gasteiger partial charge on any atom is 0.255 e. The maximum atomic E-state index is 12.7. The average Bonchev–Trinajstić information content (AvgIpc) is 3.10. The molecule has 1 aromatic heterocycles. The van der Waals surface area contributed by atoms with Gasteiger partial charge in [0.25, 0.3) is 5.91 Å². The van der Waals surface area contributed by atoms with Gasteiger partial charge in [-0.25, -0.2) is 4.98 Å². The molecule has 3 rings (SSSR count). The Labute approximate surface area is 170 Å². The number of nitrogens with zero attached hydrogens (tertiary/aromatic N) is 2. The van der Waals surface area contributed by atoms with Crippen LogP contribution in [-0.4, -0.2) is 22.0 Å². The predicted molar refractivity (Wildman–Crippen MR) is 111 cm³/mol. The summed E-state index contributed by atoms with van der Waals surface area (Å²) in [6, 6.07) is 14.7. The van der Waals surface area contributed by atoms with E-state index in [1.807, 2.05) is 55.6 Å². The molecular weight excluding hydrogens is 374 g/mol. The summed E-state index contributed by atoms with van der Waals surface area (Å²) in [5.41, 5.74) is 1.52. The third-order valence-electron chi connectivity index (χ3n) is 4.48.